The van der Waals surface area contributed by atoms with Gasteiger partial charge in [0.15, 0.2) is 0 Å². The summed E-state index contributed by atoms with van der Waals surface area (Å²) in [5.41, 5.74) is 1.63. The molecule has 1 fully saturated rings. The molecule has 0 radical (unpaired) electrons. The van der Waals surface area contributed by atoms with Crippen molar-refractivity contribution in [3.63, 3.8) is 0 Å². The minimum Gasteiger partial charge on any atom is -0.387 e. The predicted molar refractivity (Wildman–Crippen MR) is 74.0 cm³/mol. The average molecular weight is 263 g/mol. The molecule has 0 spiro atoms. The predicted octanol–water partition coefficient (Wildman–Crippen LogP) is 1.19. The number of likely N-dealkylation sites (N-methyl/N-ethyl adjacent to an activating group) is 1. The van der Waals surface area contributed by atoms with E-state index in [1.807, 2.05) is 31.0 Å². The number of hydrogen-bond acceptors (Lipinski definition) is 4. The Morgan fingerprint density at radius 2 is 2.21 bits per heavy atom. The molecule has 1 aromatic heterocycles. The van der Waals surface area contributed by atoms with Gasteiger partial charge in [-0.3, -0.25) is 9.78 Å². The summed E-state index contributed by atoms with van der Waals surface area (Å²) in [5.74, 6) is 0.134. The van der Waals surface area contributed by atoms with Crippen LogP contribution in [-0.4, -0.2) is 47.6 Å². The topological polar surface area (TPSA) is 56.7 Å². The summed E-state index contributed by atoms with van der Waals surface area (Å²) in [7, 11) is 1.84. The molecular weight excluding hydrogens is 242 g/mol. The highest BCUT2D eigenvalue weighted by molar-refractivity contribution is 5.81. The maximum absolute atomic E-state index is 11.8. The fourth-order valence-electron chi connectivity index (χ4n) is 2.20. The Morgan fingerprint density at radius 3 is 2.84 bits per heavy atom. The van der Waals surface area contributed by atoms with Crippen molar-refractivity contribution in [1.82, 2.24) is 9.88 Å². The average Bonchev–Trinajstić information content (AvgIpc) is 2.60. The van der Waals surface area contributed by atoms with E-state index in [1.54, 1.807) is 11.1 Å². The van der Waals surface area contributed by atoms with E-state index >= 15 is 0 Å². The van der Waals surface area contributed by atoms with E-state index in [-0.39, 0.29) is 5.91 Å². The number of aromatic nitrogens is 1. The molecule has 1 atom stereocenters. The molecule has 1 amide bonds. The van der Waals surface area contributed by atoms with E-state index in [1.165, 1.54) is 0 Å². The summed E-state index contributed by atoms with van der Waals surface area (Å²) in [5, 5.41) is 9.72. The molecule has 0 bridgehead atoms. The molecule has 1 aliphatic rings. The molecule has 19 heavy (non-hydrogen) atoms. The molecule has 1 aliphatic heterocycles. The third-order valence-electron chi connectivity index (χ3n) is 3.54. The van der Waals surface area contributed by atoms with Gasteiger partial charge in [-0.05, 0) is 25.0 Å². The van der Waals surface area contributed by atoms with Gasteiger partial charge < -0.3 is 14.9 Å². The lowest BCUT2D eigenvalue weighted by molar-refractivity contribution is -0.127. The van der Waals surface area contributed by atoms with Gasteiger partial charge in [0.1, 0.15) is 0 Å². The van der Waals surface area contributed by atoms with E-state index in [9.17, 15) is 9.90 Å². The third kappa shape index (κ3) is 3.23. The summed E-state index contributed by atoms with van der Waals surface area (Å²) in [4.78, 5) is 19.9. The Bertz CT molecular complexity index is 433. The molecular formula is C14H21N3O2. The number of hydrogen-bond donors (Lipinski definition) is 1. The molecule has 1 saturated heterocycles. The van der Waals surface area contributed by atoms with Crippen molar-refractivity contribution in [1.29, 1.82) is 0 Å². The van der Waals surface area contributed by atoms with Crippen molar-refractivity contribution in [3.8, 4) is 0 Å². The lowest BCUT2D eigenvalue weighted by atomic mass is 10.2. The van der Waals surface area contributed by atoms with Crippen LogP contribution in [0, 0.1) is 0 Å². The van der Waals surface area contributed by atoms with Crippen LogP contribution in [-0.2, 0) is 4.79 Å². The molecule has 2 rings (SSSR count). The molecule has 104 valence electrons. The second kappa shape index (κ2) is 6.02. The van der Waals surface area contributed by atoms with Gasteiger partial charge in [-0.15, -0.1) is 0 Å². The first-order chi connectivity index (χ1) is 9.11. The molecule has 1 N–H and O–H groups in total. The number of nitrogens with zero attached hydrogens (tertiary/aromatic N) is 3. The van der Waals surface area contributed by atoms with Gasteiger partial charge in [0.05, 0.1) is 30.2 Å². The summed E-state index contributed by atoms with van der Waals surface area (Å²) in [6, 6.07) is 3.77. The highest BCUT2D eigenvalue weighted by Gasteiger charge is 2.19. The second-order valence-electron chi connectivity index (χ2n) is 4.96. The van der Waals surface area contributed by atoms with Gasteiger partial charge in [-0.25, -0.2) is 0 Å². The van der Waals surface area contributed by atoms with Crippen LogP contribution in [0.25, 0.3) is 0 Å². The Labute approximate surface area is 113 Å². The maximum atomic E-state index is 11.8. The van der Waals surface area contributed by atoms with Crippen molar-refractivity contribution in [2.24, 2.45) is 0 Å². The van der Waals surface area contributed by atoms with Gasteiger partial charge in [0.2, 0.25) is 5.91 Å². The lowest BCUT2D eigenvalue weighted by Gasteiger charge is -2.22. The number of carbonyl (C=O) groups is 1. The van der Waals surface area contributed by atoms with Gasteiger partial charge in [-0.2, -0.15) is 0 Å². The van der Waals surface area contributed by atoms with Crippen LogP contribution >= 0.6 is 0 Å². The van der Waals surface area contributed by atoms with Crippen LogP contribution in [0.2, 0.25) is 0 Å². The Morgan fingerprint density at radius 1 is 1.42 bits per heavy atom. The zero-order chi connectivity index (χ0) is 13.8. The summed E-state index contributed by atoms with van der Waals surface area (Å²) in [6.07, 6.45) is 2.85. The number of amides is 1. The quantitative estimate of drug-likeness (QED) is 0.890. The van der Waals surface area contributed by atoms with Crippen LogP contribution < -0.4 is 4.90 Å². The molecule has 0 unspecified atom stereocenters. The SMILES string of the molecule is CC[C@@H](O)c1ccc(N2CCCN(C)C(=O)C2)cn1. The minimum absolute atomic E-state index is 0.134. The van der Waals surface area contributed by atoms with Crippen LogP contribution in [0.5, 0.6) is 0 Å². The Balaban J connectivity index is 2.11. The number of pyridine rings is 1. The number of aliphatic hydroxyl groups excluding tert-OH is 1. The fraction of sp³-hybridized carbons (Fsp3) is 0.571. The van der Waals surface area contributed by atoms with Crippen molar-refractivity contribution in [2.45, 2.75) is 25.9 Å². The highest BCUT2D eigenvalue weighted by Crippen LogP contribution is 2.19. The summed E-state index contributed by atoms with van der Waals surface area (Å²) < 4.78 is 0. The van der Waals surface area contributed by atoms with Crippen LogP contribution in [0.15, 0.2) is 18.3 Å². The summed E-state index contributed by atoms with van der Waals surface area (Å²) >= 11 is 0. The first kappa shape index (κ1) is 13.8. The maximum Gasteiger partial charge on any atom is 0.241 e. The van der Waals surface area contributed by atoms with Gasteiger partial charge in [-0.1, -0.05) is 6.92 Å². The van der Waals surface area contributed by atoms with Gasteiger partial charge in [0, 0.05) is 20.1 Å². The van der Waals surface area contributed by atoms with Gasteiger partial charge >= 0.3 is 0 Å². The third-order valence-corrected chi connectivity index (χ3v) is 3.54. The van der Waals surface area contributed by atoms with Crippen LogP contribution in [0.3, 0.4) is 0 Å². The zero-order valence-electron chi connectivity index (χ0n) is 11.5. The van der Waals surface area contributed by atoms with E-state index in [4.69, 9.17) is 0 Å². The van der Waals surface area contributed by atoms with Crippen molar-refractivity contribution >= 4 is 11.6 Å². The van der Waals surface area contributed by atoms with Crippen molar-refractivity contribution in [2.75, 3.05) is 31.6 Å². The zero-order valence-corrected chi connectivity index (χ0v) is 11.5. The number of anilines is 1. The normalized spacial score (nSPS) is 18.4. The molecule has 5 heteroatoms. The molecule has 0 saturated carbocycles. The lowest BCUT2D eigenvalue weighted by Crippen LogP contribution is -2.34. The number of rotatable bonds is 3. The van der Waals surface area contributed by atoms with Crippen molar-refractivity contribution < 1.29 is 9.90 Å². The van der Waals surface area contributed by atoms with E-state index in [0.29, 0.717) is 18.7 Å². The first-order valence-corrected chi connectivity index (χ1v) is 6.74. The smallest absolute Gasteiger partial charge is 0.241 e. The Hall–Kier alpha value is -1.62. The Kier molecular flexibility index (Phi) is 4.37. The minimum atomic E-state index is -0.508. The first-order valence-electron chi connectivity index (χ1n) is 6.74. The van der Waals surface area contributed by atoms with Crippen LogP contribution in [0.4, 0.5) is 5.69 Å². The molecule has 0 aromatic carbocycles. The summed E-state index contributed by atoms with van der Waals surface area (Å²) in [6.45, 7) is 3.97. The number of aliphatic hydroxyl groups is 1. The fourth-order valence-corrected chi connectivity index (χ4v) is 2.20. The van der Waals surface area contributed by atoms with E-state index < -0.39 is 6.10 Å². The second-order valence-corrected chi connectivity index (χ2v) is 4.96. The molecule has 2 heterocycles. The van der Waals surface area contributed by atoms with Gasteiger partial charge in [0.25, 0.3) is 0 Å². The van der Waals surface area contributed by atoms with Crippen molar-refractivity contribution in [3.05, 3.63) is 24.0 Å². The highest BCUT2D eigenvalue weighted by atomic mass is 16.3. The number of carbonyl (C=O) groups excluding carboxylic acids is 1. The largest absolute Gasteiger partial charge is 0.387 e. The molecule has 5 nitrogen and oxygen atoms in total. The van der Waals surface area contributed by atoms with Crippen LogP contribution in [0.1, 0.15) is 31.6 Å². The standard InChI is InChI=1S/C14H21N3O2/c1-3-13(18)12-6-5-11(9-15-12)17-8-4-7-16(2)14(19)10-17/h5-6,9,13,18H,3-4,7-8,10H2,1-2H3/t13-/m1/s1. The van der Waals surface area contributed by atoms with E-state index in [2.05, 4.69) is 4.98 Å². The molecule has 1 aromatic rings. The molecule has 0 aliphatic carbocycles. The monoisotopic (exact) mass is 263 g/mol. The van der Waals surface area contributed by atoms with E-state index in [0.717, 1.165) is 25.2 Å².